The molecule has 0 aliphatic carbocycles. The van der Waals surface area contributed by atoms with Crippen LogP contribution in [0.4, 0.5) is 0 Å². The van der Waals surface area contributed by atoms with Crippen LogP contribution in [0.3, 0.4) is 0 Å². The van der Waals surface area contributed by atoms with Crippen molar-refractivity contribution in [1.82, 2.24) is 10.3 Å². The predicted molar refractivity (Wildman–Crippen MR) is 71.3 cm³/mol. The molecule has 1 aromatic carbocycles. The first-order valence-electron chi connectivity index (χ1n) is 5.56. The van der Waals surface area contributed by atoms with Crippen LogP contribution < -0.4 is 5.32 Å². The van der Waals surface area contributed by atoms with Crippen molar-refractivity contribution in [3.8, 4) is 0 Å². The molecular weight excluding hydrogens is 268 g/mol. The van der Waals surface area contributed by atoms with Gasteiger partial charge in [-0.15, -0.1) is 0 Å². The number of carboxylic acids is 1. The maximum atomic E-state index is 11.8. The molecule has 2 aromatic rings. The van der Waals surface area contributed by atoms with Crippen LogP contribution in [-0.4, -0.2) is 28.0 Å². The monoisotopic (exact) mass is 278 g/mol. The van der Waals surface area contributed by atoms with E-state index in [1.54, 1.807) is 24.3 Å². The van der Waals surface area contributed by atoms with Gasteiger partial charge in [-0.3, -0.25) is 14.6 Å². The minimum absolute atomic E-state index is 0.308. The number of hydrogen-bond acceptors (Lipinski definition) is 3. The quantitative estimate of drug-likeness (QED) is 0.901. The normalized spacial score (nSPS) is 12.1. The zero-order valence-electron chi connectivity index (χ0n) is 10.1. The third-order valence-electron chi connectivity index (χ3n) is 2.63. The Kier molecular flexibility index (Phi) is 3.66. The smallest absolute Gasteiger partial charge is 0.325 e. The Morgan fingerprint density at radius 2 is 2.11 bits per heavy atom. The van der Waals surface area contributed by atoms with Crippen LogP contribution in [0, 0.1) is 0 Å². The second kappa shape index (κ2) is 5.24. The fraction of sp³-hybridized carbons (Fsp3) is 0.154. The number of halogens is 1. The summed E-state index contributed by atoms with van der Waals surface area (Å²) in [6.07, 6.45) is 1.39. The highest BCUT2D eigenvalue weighted by Gasteiger charge is 2.15. The second-order valence-corrected chi connectivity index (χ2v) is 4.53. The molecule has 6 heteroatoms. The molecule has 0 aliphatic heterocycles. The molecule has 2 N–H and O–H groups in total. The summed E-state index contributed by atoms with van der Waals surface area (Å²) in [5.74, 6) is -1.56. The average Bonchev–Trinajstić information content (AvgIpc) is 2.37. The van der Waals surface area contributed by atoms with Crippen LogP contribution in [0.1, 0.15) is 17.3 Å². The molecule has 0 saturated carbocycles. The zero-order chi connectivity index (χ0) is 14.0. The summed E-state index contributed by atoms with van der Waals surface area (Å²) in [5, 5.41) is 12.4. The van der Waals surface area contributed by atoms with Gasteiger partial charge in [0.2, 0.25) is 0 Å². The molecule has 2 rings (SSSR count). The Hall–Kier alpha value is -2.14. The summed E-state index contributed by atoms with van der Waals surface area (Å²) < 4.78 is 0. The highest BCUT2D eigenvalue weighted by atomic mass is 35.5. The molecular formula is C13H11ClN2O3. The summed E-state index contributed by atoms with van der Waals surface area (Å²) in [6.45, 7) is 1.40. The van der Waals surface area contributed by atoms with E-state index in [0.717, 1.165) is 5.39 Å². The highest BCUT2D eigenvalue weighted by Crippen LogP contribution is 2.18. The molecule has 0 spiro atoms. The van der Waals surface area contributed by atoms with Crippen LogP contribution in [0.15, 0.2) is 30.5 Å². The van der Waals surface area contributed by atoms with Crippen molar-refractivity contribution in [3.63, 3.8) is 0 Å². The molecule has 0 bridgehead atoms. The first kappa shape index (κ1) is 13.3. The lowest BCUT2D eigenvalue weighted by molar-refractivity contribution is -0.138. The summed E-state index contributed by atoms with van der Waals surface area (Å²) in [7, 11) is 0. The van der Waals surface area contributed by atoms with Gasteiger partial charge in [-0.1, -0.05) is 17.7 Å². The van der Waals surface area contributed by atoms with Crippen LogP contribution in [0.5, 0.6) is 0 Å². The number of nitrogens with one attached hydrogen (secondary N) is 1. The van der Waals surface area contributed by atoms with Gasteiger partial charge in [0.1, 0.15) is 6.04 Å². The first-order chi connectivity index (χ1) is 8.97. The Morgan fingerprint density at radius 1 is 1.37 bits per heavy atom. The minimum Gasteiger partial charge on any atom is -0.480 e. The Balaban J connectivity index is 2.28. The number of aliphatic carboxylic acids is 1. The van der Waals surface area contributed by atoms with Crippen molar-refractivity contribution in [2.75, 3.05) is 0 Å². The van der Waals surface area contributed by atoms with Crippen LogP contribution >= 0.6 is 11.6 Å². The molecule has 1 heterocycles. The Bertz CT molecular complexity index is 657. The summed E-state index contributed by atoms with van der Waals surface area (Å²) in [4.78, 5) is 26.6. The number of hydrogen-bond donors (Lipinski definition) is 2. The van der Waals surface area contributed by atoms with Gasteiger partial charge in [-0.05, 0) is 25.1 Å². The van der Waals surface area contributed by atoms with Crippen molar-refractivity contribution in [3.05, 3.63) is 41.0 Å². The molecule has 98 valence electrons. The average molecular weight is 279 g/mol. The third-order valence-corrected chi connectivity index (χ3v) is 2.86. The number of carboxylic acid groups (broad SMARTS) is 1. The van der Waals surface area contributed by atoms with E-state index in [4.69, 9.17) is 16.7 Å². The molecule has 1 unspecified atom stereocenters. The number of benzene rings is 1. The fourth-order valence-electron chi connectivity index (χ4n) is 1.56. The Labute approximate surface area is 114 Å². The maximum Gasteiger partial charge on any atom is 0.325 e. The molecule has 1 aromatic heterocycles. The highest BCUT2D eigenvalue weighted by molar-refractivity contribution is 6.31. The van der Waals surface area contributed by atoms with Gasteiger partial charge in [-0.2, -0.15) is 0 Å². The van der Waals surface area contributed by atoms with E-state index in [9.17, 15) is 9.59 Å². The topological polar surface area (TPSA) is 79.3 Å². The molecule has 0 saturated heterocycles. The molecule has 0 fully saturated rings. The standard InChI is InChI=1S/C13H11ClN2O3/c1-7(13(18)19)16-12(17)9-4-8-2-3-10(14)5-11(8)15-6-9/h2-7H,1H3,(H,16,17)(H,18,19). The van der Waals surface area contributed by atoms with E-state index in [2.05, 4.69) is 10.3 Å². The summed E-state index contributed by atoms with van der Waals surface area (Å²) in [5.41, 5.74) is 0.984. The van der Waals surface area contributed by atoms with Gasteiger partial charge in [-0.25, -0.2) is 0 Å². The van der Waals surface area contributed by atoms with E-state index in [1.165, 1.54) is 13.1 Å². The van der Waals surface area contributed by atoms with Crippen molar-refractivity contribution in [2.45, 2.75) is 13.0 Å². The van der Waals surface area contributed by atoms with Gasteiger partial charge in [0.05, 0.1) is 11.1 Å². The van der Waals surface area contributed by atoms with Gasteiger partial charge < -0.3 is 10.4 Å². The second-order valence-electron chi connectivity index (χ2n) is 4.09. The van der Waals surface area contributed by atoms with E-state index in [-0.39, 0.29) is 0 Å². The zero-order valence-corrected chi connectivity index (χ0v) is 10.8. The summed E-state index contributed by atoms with van der Waals surface area (Å²) >= 11 is 5.84. The lowest BCUT2D eigenvalue weighted by atomic mass is 10.1. The van der Waals surface area contributed by atoms with Gasteiger partial charge in [0, 0.05) is 16.6 Å². The van der Waals surface area contributed by atoms with Gasteiger partial charge >= 0.3 is 5.97 Å². The maximum absolute atomic E-state index is 11.8. The van der Waals surface area contributed by atoms with Gasteiger partial charge in [0.15, 0.2) is 0 Å². The van der Waals surface area contributed by atoms with Crippen LogP contribution in [0.25, 0.3) is 10.9 Å². The number of aromatic nitrogens is 1. The third kappa shape index (κ3) is 3.00. The van der Waals surface area contributed by atoms with Crippen LogP contribution in [-0.2, 0) is 4.79 Å². The van der Waals surface area contributed by atoms with Crippen molar-refractivity contribution >= 4 is 34.4 Å². The molecule has 1 atom stereocenters. The van der Waals surface area contributed by atoms with Crippen molar-refractivity contribution < 1.29 is 14.7 Å². The molecule has 0 aliphatic rings. The SMILES string of the molecule is CC(NC(=O)c1cnc2cc(Cl)ccc2c1)C(=O)O. The lowest BCUT2D eigenvalue weighted by Gasteiger charge is -2.09. The number of amides is 1. The molecule has 0 radical (unpaired) electrons. The minimum atomic E-state index is -1.09. The summed E-state index contributed by atoms with van der Waals surface area (Å²) in [6, 6.07) is 5.84. The number of carbonyl (C=O) groups excluding carboxylic acids is 1. The number of rotatable bonds is 3. The van der Waals surface area contributed by atoms with Gasteiger partial charge in [0.25, 0.3) is 5.91 Å². The van der Waals surface area contributed by atoms with E-state index in [1.807, 2.05) is 0 Å². The molecule has 5 nitrogen and oxygen atoms in total. The van der Waals surface area contributed by atoms with Crippen molar-refractivity contribution in [1.29, 1.82) is 0 Å². The molecule has 1 amide bonds. The van der Waals surface area contributed by atoms with E-state index >= 15 is 0 Å². The molecule has 19 heavy (non-hydrogen) atoms. The lowest BCUT2D eigenvalue weighted by Crippen LogP contribution is -2.38. The first-order valence-corrected chi connectivity index (χ1v) is 5.94. The number of pyridine rings is 1. The number of carbonyl (C=O) groups is 2. The largest absolute Gasteiger partial charge is 0.480 e. The van der Waals surface area contributed by atoms with Crippen LogP contribution in [0.2, 0.25) is 5.02 Å². The number of fused-ring (bicyclic) bond motifs is 1. The Morgan fingerprint density at radius 3 is 2.79 bits per heavy atom. The number of nitrogens with zero attached hydrogens (tertiary/aromatic N) is 1. The fourth-order valence-corrected chi connectivity index (χ4v) is 1.73. The van der Waals surface area contributed by atoms with E-state index < -0.39 is 17.9 Å². The van der Waals surface area contributed by atoms with E-state index in [0.29, 0.717) is 16.1 Å². The van der Waals surface area contributed by atoms with Crippen molar-refractivity contribution in [2.24, 2.45) is 0 Å². The predicted octanol–water partition coefficient (Wildman–Crippen LogP) is 2.09.